The van der Waals surface area contributed by atoms with Gasteiger partial charge in [0.1, 0.15) is 28.3 Å². The van der Waals surface area contributed by atoms with E-state index in [1.54, 1.807) is 25.1 Å². The molecule has 0 saturated carbocycles. The highest BCUT2D eigenvalue weighted by Crippen LogP contribution is 2.30. The van der Waals surface area contributed by atoms with Crippen LogP contribution in [0.3, 0.4) is 0 Å². The Kier molecular flexibility index (Phi) is 8.22. The lowest BCUT2D eigenvalue weighted by Gasteiger charge is -2.12. The van der Waals surface area contributed by atoms with Crippen LogP contribution in [0.1, 0.15) is 41.5 Å². The topological polar surface area (TPSA) is 144 Å². The fourth-order valence-electron chi connectivity index (χ4n) is 3.28. The second-order valence-corrected chi connectivity index (χ2v) is 9.93. The number of rotatable bonds is 10. The zero-order valence-corrected chi connectivity index (χ0v) is 22.0. The van der Waals surface area contributed by atoms with Crippen molar-refractivity contribution in [2.75, 3.05) is 11.9 Å². The first kappa shape index (κ1) is 25.9. The van der Waals surface area contributed by atoms with Gasteiger partial charge >= 0.3 is 0 Å². The smallest absolute Gasteiger partial charge is 0.275 e. The molecule has 0 saturated heterocycles. The van der Waals surface area contributed by atoms with Crippen molar-refractivity contribution in [3.05, 3.63) is 61.5 Å². The Labute approximate surface area is 220 Å². The predicted molar refractivity (Wildman–Crippen MR) is 140 cm³/mol. The number of aromatic nitrogens is 5. The Hall–Kier alpha value is -4.15. The molecule has 0 aliphatic heterocycles. The van der Waals surface area contributed by atoms with Gasteiger partial charge in [-0.3, -0.25) is 14.9 Å². The van der Waals surface area contributed by atoms with E-state index in [1.807, 2.05) is 19.9 Å². The van der Waals surface area contributed by atoms with Crippen LogP contribution >= 0.6 is 22.7 Å². The van der Waals surface area contributed by atoms with Crippen LogP contribution < -0.4 is 20.3 Å². The molecule has 1 N–H and O–H groups in total. The predicted octanol–water partition coefficient (Wildman–Crippen LogP) is 3.79. The number of anilines is 1. The van der Waals surface area contributed by atoms with E-state index < -0.39 is 5.91 Å². The lowest BCUT2D eigenvalue weighted by atomic mass is 10.1. The molecule has 11 nitrogen and oxygen atoms in total. The molecule has 0 atom stereocenters. The van der Waals surface area contributed by atoms with Crippen LogP contribution in [0.25, 0.3) is 11.0 Å². The van der Waals surface area contributed by atoms with Crippen molar-refractivity contribution in [3.63, 3.8) is 0 Å². The highest BCUT2D eigenvalue weighted by atomic mass is 32.1. The first-order chi connectivity index (χ1) is 17.9. The fourth-order valence-corrected chi connectivity index (χ4v) is 4.88. The molecule has 3 aromatic heterocycles. The van der Waals surface area contributed by atoms with Crippen LogP contribution in [0.15, 0.2) is 34.6 Å². The molecule has 0 aliphatic carbocycles. The Bertz CT molecular complexity index is 1570. The van der Waals surface area contributed by atoms with E-state index in [0.29, 0.717) is 39.5 Å². The Morgan fingerprint density at radius 3 is 2.78 bits per heavy atom. The maximum absolute atomic E-state index is 12.6. The minimum absolute atomic E-state index is 0.0473. The molecule has 0 fully saturated rings. The van der Waals surface area contributed by atoms with E-state index in [1.165, 1.54) is 39.3 Å². The summed E-state index contributed by atoms with van der Waals surface area (Å²) in [6, 6.07) is 8.35. The number of benzene rings is 1. The third-order valence-corrected chi connectivity index (χ3v) is 6.59. The number of hydrogen-bond acceptors (Lipinski definition) is 11. The number of fused-ring (bicyclic) bond motifs is 1. The number of ether oxygens (including phenoxy) is 2. The quantitative estimate of drug-likeness (QED) is 0.236. The van der Waals surface area contributed by atoms with Gasteiger partial charge in [0.2, 0.25) is 10.1 Å². The summed E-state index contributed by atoms with van der Waals surface area (Å²) in [6.45, 7) is 6.09. The lowest BCUT2D eigenvalue weighted by molar-refractivity contribution is -0.112. The summed E-state index contributed by atoms with van der Waals surface area (Å²) in [6.07, 6.45) is 3.15. The first-order valence-corrected chi connectivity index (χ1v) is 13.0. The van der Waals surface area contributed by atoms with Crippen molar-refractivity contribution in [1.29, 1.82) is 5.26 Å². The largest absolute Gasteiger partial charge is 0.490 e. The summed E-state index contributed by atoms with van der Waals surface area (Å²) in [5, 5.41) is 26.2. The number of hydrogen-bond donors (Lipinski definition) is 1. The molecule has 190 valence electrons. The molecule has 1 aromatic carbocycles. The summed E-state index contributed by atoms with van der Waals surface area (Å²) in [7, 11) is 0. The Morgan fingerprint density at radius 2 is 2.03 bits per heavy atom. The molecule has 0 spiro atoms. The minimum atomic E-state index is -0.578. The van der Waals surface area contributed by atoms with Gasteiger partial charge in [-0.1, -0.05) is 35.7 Å². The summed E-state index contributed by atoms with van der Waals surface area (Å²) >= 11 is 2.60. The highest BCUT2D eigenvalue weighted by Gasteiger charge is 2.14. The second-order valence-electron chi connectivity index (χ2n) is 7.70. The monoisotopic (exact) mass is 537 g/mol. The van der Waals surface area contributed by atoms with Gasteiger partial charge in [-0.25, -0.2) is 4.98 Å². The van der Waals surface area contributed by atoms with Gasteiger partial charge in [-0.05, 0) is 44.0 Å². The summed E-state index contributed by atoms with van der Waals surface area (Å²) in [5.74, 6) is 0.279. The van der Waals surface area contributed by atoms with Crippen LogP contribution in [-0.4, -0.2) is 37.3 Å². The molecule has 0 radical (unpaired) electrons. The van der Waals surface area contributed by atoms with Crippen LogP contribution in [0, 0.1) is 18.3 Å². The van der Waals surface area contributed by atoms with Crippen molar-refractivity contribution in [2.45, 2.75) is 40.2 Å². The summed E-state index contributed by atoms with van der Waals surface area (Å²) < 4.78 is 12.9. The third-order valence-electron chi connectivity index (χ3n) is 4.87. The Morgan fingerprint density at radius 1 is 1.19 bits per heavy atom. The summed E-state index contributed by atoms with van der Waals surface area (Å²) in [5.41, 5.74) is 0.656. The van der Waals surface area contributed by atoms with E-state index in [-0.39, 0.29) is 17.7 Å². The number of aryl methyl sites for hydroxylation is 2. The number of amides is 1. The van der Waals surface area contributed by atoms with Gasteiger partial charge in [0, 0.05) is 12.5 Å². The number of nitrogens with zero attached hydrogens (tertiary/aromatic N) is 6. The molecule has 0 bridgehead atoms. The SMILES string of the molecule is CCCc1nnc(NC(=O)/C(C#N)=C\c2ccc(OCc3cc(=O)n4nc(C)sc4n3)c(OCC)c2)s1. The van der Waals surface area contributed by atoms with Gasteiger partial charge in [0.05, 0.1) is 12.3 Å². The standard InChI is InChI=1S/C24H23N7O4S2/c1-4-6-20-28-29-23(37-20)27-22(33)16(12-25)9-15-7-8-18(19(10-15)34-5-2)35-13-17-11-21(32)31-24(26-17)36-14(3)30-31/h7-11H,4-6,13H2,1-3H3,(H,27,29,33)/b16-9-. The first-order valence-electron chi connectivity index (χ1n) is 11.4. The van der Waals surface area contributed by atoms with Crippen molar-refractivity contribution in [3.8, 4) is 17.6 Å². The van der Waals surface area contributed by atoms with E-state index in [9.17, 15) is 14.9 Å². The number of carbonyl (C=O) groups excluding carboxylic acids is 1. The maximum Gasteiger partial charge on any atom is 0.275 e. The van der Waals surface area contributed by atoms with E-state index in [2.05, 4.69) is 25.6 Å². The van der Waals surface area contributed by atoms with Gasteiger partial charge in [0.25, 0.3) is 11.5 Å². The van der Waals surface area contributed by atoms with E-state index in [4.69, 9.17) is 9.47 Å². The van der Waals surface area contributed by atoms with Gasteiger partial charge < -0.3 is 9.47 Å². The molecule has 13 heteroatoms. The fraction of sp³-hybridized carbons (Fsp3) is 0.292. The lowest BCUT2D eigenvalue weighted by Crippen LogP contribution is -2.16. The highest BCUT2D eigenvalue weighted by molar-refractivity contribution is 7.16. The van der Waals surface area contributed by atoms with Gasteiger partial charge in [-0.2, -0.15) is 14.9 Å². The zero-order valence-electron chi connectivity index (χ0n) is 20.3. The normalized spacial score (nSPS) is 11.4. The molecule has 4 aromatic rings. The van der Waals surface area contributed by atoms with Gasteiger partial charge in [0.15, 0.2) is 11.5 Å². The minimum Gasteiger partial charge on any atom is -0.490 e. The van der Waals surface area contributed by atoms with Gasteiger partial charge in [-0.15, -0.1) is 10.2 Å². The number of nitriles is 1. The molecule has 4 rings (SSSR count). The number of nitrogens with one attached hydrogen (secondary N) is 1. The van der Waals surface area contributed by atoms with E-state index >= 15 is 0 Å². The Balaban J connectivity index is 1.51. The molecule has 1 amide bonds. The average Bonchev–Trinajstić information content (AvgIpc) is 3.48. The second kappa shape index (κ2) is 11.7. The maximum atomic E-state index is 12.6. The molecular formula is C24H23N7O4S2. The van der Waals surface area contributed by atoms with Crippen molar-refractivity contribution in [2.24, 2.45) is 0 Å². The van der Waals surface area contributed by atoms with Crippen molar-refractivity contribution >= 4 is 44.7 Å². The molecule has 37 heavy (non-hydrogen) atoms. The molecule has 0 aliphatic rings. The van der Waals surface area contributed by atoms with E-state index in [0.717, 1.165) is 22.9 Å². The molecule has 3 heterocycles. The number of carbonyl (C=O) groups is 1. The summed E-state index contributed by atoms with van der Waals surface area (Å²) in [4.78, 5) is 29.8. The molecular weight excluding hydrogens is 514 g/mol. The van der Waals surface area contributed by atoms with Crippen LogP contribution in [0.5, 0.6) is 11.5 Å². The van der Waals surface area contributed by atoms with Crippen molar-refractivity contribution in [1.82, 2.24) is 24.8 Å². The third kappa shape index (κ3) is 6.35. The molecule has 0 unspecified atom stereocenters. The van der Waals surface area contributed by atoms with Crippen LogP contribution in [-0.2, 0) is 17.8 Å². The van der Waals surface area contributed by atoms with Crippen LogP contribution in [0.4, 0.5) is 5.13 Å². The van der Waals surface area contributed by atoms with Crippen LogP contribution in [0.2, 0.25) is 0 Å². The average molecular weight is 538 g/mol. The zero-order chi connectivity index (χ0) is 26.4. The van der Waals surface area contributed by atoms with Crippen molar-refractivity contribution < 1.29 is 14.3 Å².